The second-order valence-electron chi connectivity index (χ2n) is 0.289. The Kier molecular flexibility index (Phi) is 23.5. The topological polar surface area (TPSA) is 0 Å². The Morgan fingerprint density at radius 3 is 1.75 bits per heavy atom. The van der Waals surface area contributed by atoms with Gasteiger partial charge in [-0.25, -0.2) is 19.6 Å². The van der Waals surface area contributed by atoms with Gasteiger partial charge in [0.25, 0.3) is 0 Å². The van der Waals surface area contributed by atoms with Crippen molar-refractivity contribution >= 4 is 0 Å². The van der Waals surface area contributed by atoms with Gasteiger partial charge in [0.2, 0.25) is 0 Å². The molecule has 0 aromatic carbocycles. The zero-order chi connectivity index (χ0) is 2.71. The normalized spacial score (nSPS) is 3.00. The number of hydrogen-bond donors (Lipinski definition) is 0. The molecule has 0 saturated heterocycles. The van der Waals surface area contributed by atoms with Gasteiger partial charge in [0, 0.05) is 19.5 Å². The van der Waals surface area contributed by atoms with Gasteiger partial charge in [-0.3, -0.25) is 0 Å². The first-order valence-corrected chi connectivity index (χ1v) is 0.816. The Morgan fingerprint density at radius 1 is 1.75 bits per heavy atom. The van der Waals surface area contributed by atoms with Crippen LogP contribution in [0.15, 0.2) is 12.7 Å². The molecule has 0 amide bonds. The van der Waals surface area contributed by atoms with E-state index in [4.69, 9.17) is 0 Å². The van der Waals surface area contributed by atoms with Crippen LogP contribution in [0.25, 0.3) is 0 Å². The molecule has 0 saturated carbocycles. The predicted octanol–water partition coefficient (Wildman–Crippen LogP) is 1.00. The van der Waals surface area contributed by atoms with Crippen LogP contribution in [0.5, 0.6) is 0 Å². The van der Waals surface area contributed by atoms with Crippen molar-refractivity contribution < 1.29 is 19.5 Å². The summed E-state index contributed by atoms with van der Waals surface area (Å²) >= 11 is 0. The smallest absolute Gasteiger partial charge is 0 e. The fourth-order valence-electron chi connectivity index (χ4n) is 0. The SMILES string of the molecule is C=C[CH2-].[Zn]. The number of hydrogen-bond acceptors (Lipinski definition) is 0. The van der Waals surface area contributed by atoms with E-state index in [0.717, 1.165) is 0 Å². The van der Waals surface area contributed by atoms with Crippen LogP contribution in [-0.2, 0) is 19.5 Å². The molecular formula is C3H5Zn-. The van der Waals surface area contributed by atoms with E-state index in [0.29, 0.717) is 0 Å². The minimum absolute atomic E-state index is 0. The Morgan fingerprint density at radius 2 is 1.75 bits per heavy atom. The Labute approximate surface area is 39.7 Å². The molecule has 0 N–H and O–H groups in total. The summed E-state index contributed by atoms with van der Waals surface area (Å²) in [7, 11) is 0. The van der Waals surface area contributed by atoms with Crippen LogP contribution < -0.4 is 0 Å². The molecule has 0 aliphatic carbocycles. The maximum absolute atomic E-state index is 3.25. The van der Waals surface area contributed by atoms with E-state index in [-0.39, 0.29) is 19.5 Å². The van der Waals surface area contributed by atoms with Gasteiger partial charge in [-0.1, -0.05) is 0 Å². The van der Waals surface area contributed by atoms with Crippen molar-refractivity contribution in [3.63, 3.8) is 0 Å². The largest absolute Gasteiger partial charge is 0.245 e. The third-order valence-electron chi connectivity index (χ3n) is 0. The Bertz CT molecular complexity index is 10.8. The van der Waals surface area contributed by atoms with Gasteiger partial charge in [-0.2, -0.15) is 0 Å². The molecule has 0 aliphatic heterocycles. The maximum Gasteiger partial charge on any atom is 0 e. The quantitative estimate of drug-likeness (QED) is 0.319. The molecular weight excluding hydrogens is 101 g/mol. The summed E-state index contributed by atoms with van der Waals surface area (Å²) in [4.78, 5) is 0. The van der Waals surface area contributed by atoms with E-state index in [9.17, 15) is 0 Å². The third-order valence-corrected chi connectivity index (χ3v) is 0. The first-order valence-electron chi connectivity index (χ1n) is 0.816. The molecule has 0 radical (unpaired) electrons. The van der Waals surface area contributed by atoms with E-state index in [2.05, 4.69) is 13.5 Å². The molecule has 0 spiro atoms. The second kappa shape index (κ2) is 10.6. The van der Waals surface area contributed by atoms with Crippen molar-refractivity contribution in [2.24, 2.45) is 0 Å². The molecule has 20 valence electrons. The van der Waals surface area contributed by atoms with Crippen LogP contribution in [0.3, 0.4) is 0 Å². The molecule has 4 heavy (non-hydrogen) atoms. The van der Waals surface area contributed by atoms with Gasteiger partial charge in [0.15, 0.2) is 0 Å². The van der Waals surface area contributed by atoms with Crippen molar-refractivity contribution in [3.8, 4) is 0 Å². The fraction of sp³-hybridized carbons (Fsp3) is 0. The molecule has 0 fully saturated rings. The maximum atomic E-state index is 3.25. The van der Waals surface area contributed by atoms with Gasteiger partial charge >= 0.3 is 0 Å². The molecule has 0 atom stereocenters. The van der Waals surface area contributed by atoms with Crippen LogP contribution in [0.4, 0.5) is 0 Å². The molecule has 0 unspecified atom stereocenters. The fourth-order valence-corrected chi connectivity index (χ4v) is 0. The summed E-state index contributed by atoms with van der Waals surface area (Å²) in [5.74, 6) is 0. The number of rotatable bonds is 0. The van der Waals surface area contributed by atoms with Crippen molar-refractivity contribution in [3.05, 3.63) is 19.6 Å². The number of allylic oxidation sites excluding steroid dienone is 1. The van der Waals surface area contributed by atoms with E-state index >= 15 is 0 Å². The molecule has 0 aliphatic rings. The average Bonchev–Trinajstić information content (AvgIpc) is 0.918. The zero-order valence-electron chi connectivity index (χ0n) is 2.70. The Hall–Kier alpha value is 0.233. The van der Waals surface area contributed by atoms with Crippen LogP contribution in [0.1, 0.15) is 0 Å². The van der Waals surface area contributed by atoms with Crippen LogP contribution in [0.2, 0.25) is 0 Å². The summed E-state index contributed by atoms with van der Waals surface area (Å²) in [6.45, 7) is 6.50. The van der Waals surface area contributed by atoms with Gasteiger partial charge < -0.3 is 0 Å². The Balaban J connectivity index is 0. The van der Waals surface area contributed by atoms with Crippen LogP contribution >= 0.6 is 0 Å². The molecule has 0 heterocycles. The van der Waals surface area contributed by atoms with Gasteiger partial charge in [-0.15, -0.1) is 0 Å². The van der Waals surface area contributed by atoms with Gasteiger partial charge in [0.1, 0.15) is 0 Å². The van der Waals surface area contributed by atoms with E-state index in [1.54, 1.807) is 0 Å². The van der Waals surface area contributed by atoms with Gasteiger partial charge in [0.05, 0.1) is 0 Å². The van der Waals surface area contributed by atoms with Crippen molar-refractivity contribution in [1.82, 2.24) is 0 Å². The molecule has 0 aromatic rings. The first-order chi connectivity index (χ1) is 1.41. The van der Waals surface area contributed by atoms with Crippen molar-refractivity contribution in [2.75, 3.05) is 0 Å². The molecule has 0 nitrogen and oxygen atoms in total. The summed E-state index contributed by atoms with van der Waals surface area (Å²) in [6, 6.07) is 0. The first kappa shape index (κ1) is 8.87. The monoisotopic (exact) mass is 105 g/mol. The molecule has 0 bridgehead atoms. The molecule has 0 rings (SSSR count). The average molecular weight is 106 g/mol. The van der Waals surface area contributed by atoms with Crippen molar-refractivity contribution in [2.45, 2.75) is 0 Å². The summed E-state index contributed by atoms with van der Waals surface area (Å²) in [5, 5.41) is 0. The van der Waals surface area contributed by atoms with Gasteiger partial charge in [-0.05, 0) is 0 Å². The molecule has 1 heteroatoms. The predicted molar refractivity (Wildman–Crippen MR) is 15.6 cm³/mol. The van der Waals surface area contributed by atoms with Crippen LogP contribution in [0, 0.1) is 6.92 Å². The van der Waals surface area contributed by atoms with Crippen LogP contribution in [-0.4, -0.2) is 0 Å². The van der Waals surface area contributed by atoms with E-state index < -0.39 is 0 Å². The minimum atomic E-state index is 0. The van der Waals surface area contributed by atoms with E-state index in [1.165, 1.54) is 6.08 Å². The third kappa shape index (κ3) is 62.4. The van der Waals surface area contributed by atoms with E-state index in [1.807, 2.05) is 0 Å². The zero-order valence-corrected chi connectivity index (χ0v) is 5.67. The van der Waals surface area contributed by atoms with Crippen molar-refractivity contribution in [1.29, 1.82) is 0 Å². The molecule has 0 aromatic heterocycles. The summed E-state index contributed by atoms with van der Waals surface area (Å²) in [5.41, 5.74) is 0. The second-order valence-corrected chi connectivity index (χ2v) is 0.289. The summed E-state index contributed by atoms with van der Waals surface area (Å²) in [6.07, 6.45) is 1.50. The minimum Gasteiger partial charge on any atom is -0.245 e. The summed E-state index contributed by atoms with van der Waals surface area (Å²) < 4.78 is 0. The standard InChI is InChI=1S/C3H5.Zn/c1-3-2;/h3H,1-2H2;/q-1;.